The highest BCUT2D eigenvalue weighted by Crippen LogP contribution is 2.37. The minimum atomic E-state index is -0.636. The number of rotatable bonds is 5. The number of hydrogen-bond acceptors (Lipinski definition) is 3. The number of hydrogen-bond donors (Lipinski definition) is 1. The van der Waals surface area contributed by atoms with Crippen LogP contribution in [-0.4, -0.2) is 42.6 Å². The number of methoxy groups -OCH3 is 1. The summed E-state index contributed by atoms with van der Waals surface area (Å²) in [6.45, 7) is 2.50. The summed E-state index contributed by atoms with van der Waals surface area (Å²) in [4.78, 5) is 14.9. The fourth-order valence-electron chi connectivity index (χ4n) is 2.79. The Bertz CT molecular complexity index is 325. The Balaban J connectivity index is 2.91. The molecule has 1 atom stereocenters. The molecule has 1 saturated carbocycles. The van der Waals surface area contributed by atoms with Crippen molar-refractivity contribution >= 4 is 23.1 Å². The van der Waals surface area contributed by atoms with Crippen LogP contribution in [0, 0.1) is 5.41 Å². The van der Waals surface area contributed by atoms with Crippen molar-refractivity contribution in [3.63, 3.8) is 0 Å². The van der Waals surface area contributed by atoms with Crippen LogP contribution in [0.1, 0.15) is 45.4 Å². The second-order valence-electron chi connectivity index (χ2n) is 5.58. The maximum Gasteiger partial charge on any atom is 0.235 e. The Morgan fingerprint density at radius 3 is 2.32 bits per heavy atom. The van der Waals surface area contributed by atoms with Gasteiger partial charge in [-0.25, -0.2) is 0 Å². The summed E-state index contributed by atoms with van der Waals surface area (Å²) in [5.74, 6) is 0.0615. The summed E-state index contributed by atoms with van der Waals surface area (Å²) in [6, 6.07) is 0.0342. The standard InChI is InChI=1S/C14H26N2O2S/c1-11(10-18-3)16(2)13(17)14(12(15)19)8-6-4-5-7-9-14/h11H,4-10H2,1-3H3,(H2,15,19). The lowest BCUT2D eigenvalue weighted by Gasteiger charge is -2.36. The molecule has 1 fully saturated rings. The first-order chi connectivity index (χ1) is 8.95. The normalized spacial score (nSPS) is 20.4. The molecule has 1 rings (SSSR count). The maximum absolute atomic E-state index is 12.8. The van der Waals surface area contributed by atoms with E-state index in [4.69, 9.17) is 22.7 Å². The minimum Gasteiger partial charge on any atom is -0.392 e. The van der Waals surface area contributed by atoms with Gasteiger partial charge in [-0.15, -0.1) is 0 Å². The molecule has 2 N–H and O–H groups in total. The number of thiocarbonyl (C=S) groups is 1. The monoisotopic (exact) mass is 286 g/mol. The Labute approximate surface area is 121 Å². The Hall–Kier alpha value is -0.680. The highest BCUT2D eigenvalue weighted by Gasteiger charge is 2.43. The second kappa shape index (κ2) is 7.20. The Kier molecular flexibility index (Phi) is 6.20. The maximum atomic E-state index is 12.8. The molecule has 0 aromatic rings. The lowest BCUT2D eigenvalue weighted by Crippen LogP contribution is -2.52. The largest absolute Gasteiger partial charge is 0.392 e. The zero-order valence-electron chi connectivity index (χ0n) is 12.3. The number of carbonyl (C=O) groups excluding carboxylic acids is 1. The van der Waals surface area contributed by atoms with Crippen LogP contribution in [0.2, 0.25) is 0 Å². The molecule has 1 unspecified atom stereocenters. The van der Waals surface area contributed by atoms with Crippen molar-refractivity contribution in [1.29, 1.82) is 0 Å². The Morgan fingerprint density at radius 2 is 1.89 bits per heavy atom. The topological polar surface area (TPSA) is 55.6 Å². The predicted octanol–water partition coefficient (Wildman–Crippen LogP) is 2.11. The highest BCUT2D eigenvalue weighted by molar-refractivity contribution is 7.80. The van der Waals surface area contributed by atoms with Gasteiger partial charge in [-0.1, -0.05) is 37.9 Å². The van der Waals surface area contributed by atoms with Crippen LogP contribution in [0.5, 0.6) is 0 Å². The number of ether oxygens (including phenoxy) is 1. The van der Waals surface area contributed by atoms with Crippen LogP contribution in [-0.2, 0) is 9.53 Å². The van der Waals surface area contributed by atoms with E-state index in [1.807, 2.05) is 14.0 Å². The zero-order chi connectivity index (χ0) is 14.5. The molecule has 1 aliphatic rings. The van der Waals surface area contributed by atoms with Crippen LogP contribution in [0.15, 0.2) is 0 Å². The molecule has 0 heterocycles. The van der Waals surface area contributed by atoms with Gasteiger partial charge in [-0.05, 0) is 19.8 Å². The van der Waals surface area contributed by atoms with Crippen molar-refractivity contribution in [1.82, 2.24) is 4.90 Å². The average molecular weight is 286 g/mol. The van der Waals surface area contributed by atoms with Gasteiger partial charge in [0.15, 0.2) is 0 Å². The van der Waals surface area contributed by atoms with E-state index in [2.05, 4.69) is 0 Å². The minimum absolute atomic E-state index is 0.0342. The van der Waals surface area contributed by atoms with E-state index in [-0.39, 0.29) is 11.9 Å². The SMILES string of the molecule is COCC(C)N(C)C(=O)C1(C(N)=S)CCCCCC1. The highest BCUT2D eigenvalue weighted by atomic mass is 32.1. The molecular weight excluding hydrogens is 260 g/mol. The number of nitrogens with two attached hydrogens (primary N) is 1. The van der Waals surface area contributed by atoms with E-state index in [0.29, 0.717) is 11.6 Å². The average Bonchev–Trinajstić information content (AvgIpc) is 2.63. The van der Waals surface area contributed by atoms with E-state index in [9.17, 15) is 4.79 Å². The van der Waals surface area contributed by atoms with Crippen LogP contribution in [0.25, 0.3) is 0 Å². The molecule has 0 bridgehead atoms. The first-order valence-electron chi connectivity index (χ1n) is 7.02. The van der Waals surface area contributed by atoms with Gasteiger partial charge in [0.1, 0.15) is 0 Å². The van der Waals surface area contributed by atoms with Crippen molar-refractivity contribution in [2.24, 2.45) is 11.1 Å². The third-order valence-electron chi connectivity index (χ3n) is 4.23. The van der Waals surface area contributed by atoms with E-state index in [1.165, 1.54) is 0 Å². The van der Waals surface area contributed by atoms with Crippen LogP contribution >= 0.6 is 12.2 Å². The summed E-state index contributed by atoms with van der Waals surface area (Å²) < 4.78 is 5.12. The predicted molar refractivity (Wildman–Crippen MR) is 81.0 cm³/mol. The fraction of sp³-hybridized carbons (Fsp3) is 0.857. The quantitative estimate of drug-likeness (QED) is 0.621. The van der Waals surface area contributed by atoms with Crippen molar-refractivity contribution in [2.75, 3.05) is 20.8 Å². The molecule has 0 aromatic carbocycles. The van der Waals surface area contributed by atoms with Crippen molar-refractivity contribution in [3.8, 4) is 0 Å². The van der Waals surface area contributed by atoms with Gasteiger partial charge in [0, 0.05) is 14.2 Å². The molecule has 19 heavy (non-hydrogen) atoms. The van der Waals surface area contributed by atoms with Gasteiger partial charge in [-0.3, -0.25) is 4.79 Å². The number of nitrogens with zero attached hydrogens (tertiary/aromatic N) is 1. The van der Waals surface area contributed by atoms with Crippen molar-refractivity contribution in [3.05, 3.63) is 0 Å². The first-order valence-corrected chi connectivity index (χ1v) is 7.42. The van der Waals surface area contributed by atoms with Crippen LogP contribution in [0.4, 0.5) is 0 Å². The van der Waals surface area contributed by atoms with Crippen LogP contribution in [0.3, 0.4) is 0 Å². The van der Waals surface area contributed by atoms with Crippen molar-refractivity contribution < 1.29 is 9.53 Å². The molecule has 5 heteroatoms. The fourth-order valence-corrected chi connectivity index (χ4v) is 3.08. The van der Waals surface area contributed by atoms with Gasteiger partial charge >= 0.3 is 0 Å². The molecule has 110 valence electrons. The molecule has 0 aromatic heterocycles. The van der Waals surface area contributed by atoms with E-state index < -0.39 is 5.41 Å². The summed E-state index contributed by atoms with van der Waals surface area (Å²) in [7, 11) is 3.46. The van der Waals surface area contributed by atoms with Gasteiger partial charge in [0.25, 0.3) is 0 Å². The van der Waals surface area contributed by atoms with Crippen LogP contribution < -0.4 is 5.73 Å². The molecule has 0 saturated heterocycles. The second-order valence-corrected chi connectivity index (χ2v) is 6.02. The third-order valence-corrected chi connectivity index (χ3v) is 4.62. The number of amides is 1. The van der Waals surface area contributed by atoms with Gasteiger partial charge < -0.3 is 15.4 Å². The molecule has 1 aliphatic carbocycles. The number of likely N-dealkylation sites (N-methyl/N-ethyl adjacent to an activating group) is 1. The third kappa shape index (κ3) is 3.66. The summed E-state index contributed by atoms with van der Waals surface area (Å²) in [6.07, 6.45) is 5.94. The molecular formula is C14H26N2O2S. The molecule has 1 amide bonds. The van der Waals surface area contributed by atoms with Gasteiger partial charge in [0.05, 0.1) is 23.1 Å². The molecule has 0 radical (unpaired) electrons. The summed E-state index contributed by atoms with van der Waals surface area (Å²) in [5.41, 5.74) is 5.30. The molecule has 0 aliphatic heterocycles. The Morgan fingerprint density at radius 1 is 1.37 bits per heavy atom. The van der Waals surface area contributed by atoms with E-state index in [0.717, 1.165) is 38.5 Å². The number of carbonyl (C=O) groups is 1. The van der Waals surface area contributed by atoms with Gasteiger partial charge in [-0.2, -0.15) is 0 Å². The van der Waals surface area contributed by atoms with E-state index >= 15 is 0 Å². The zero-order valence-corrected chi connectivity index (χ0v) is 13.1. The lowest BCUT2D eigenvalue weighted by molar-refractivity contribution is -0.140. The molecule has 4 nitrogen and oxygen atoms in total. The summed E-state index contributed by atoms with van der Waals surface area (Å²) in [5, 5.41) is 0. The van der Waals surface area contributed by atoms with E-state index in [1.54, 1.807) is 12.0 Å². The van der Waals surface area contributed by atoms with Crippen molar-refractivity contribution in [2.45, 2.75) is 51.5 Å². The van der Waals surface area contributed by atoms with Gasteiger partial charge in [0.2, 0.25) is 5.91 Å². The lowest BCUT2D eigenvalue weighted by atomic mass is 9.78. The molecule has 0 spiro atoms. The smallest absolute Gasteiger partial charge is 0.235 e. The summed E-state index contributed by atoms with van der Waals surface area (Å²) >= 11 is 5.23. The first kappa shape index (κ1) is 16.4.